The van der Waals surface area contributed by atoms with Gasteiger partial charge in [-0.3, -0.25) is 0 Å². The van der Waals surface area contributed by atoms with Gasteiger partial charge in [0.15, 0.2) is 0 Å². The van der Waals surface area contributed by atoms with Crippen LogP contribution in [-0.4, -0.2) is 55.5 Å². The van der Waals surface area contributed by atoms with Crippen LogP contribution in [0.15, 0.2) is 0 Å². The van der Waals surface area contributed by atoms with Gasteiger partial charge < -0.3 is 9.84 Å². The molecule has 1 heterocycles. The zero-order valence-electron chi connectivity index (χ0n) is 23.0. The molecule has 0 aromatic heterocycles. The first kappa shape index (κ1) is 24.8. The summed E-state index contributed by atoms with van der Waals surface area (Å²) >= 11 is 0. The molecule has 7 rings (SSSR count). The molecule has 0 amide bonds. The molecular weight excluding hydrogens is 470 g/mol. The van der Waals surface area contributed by atoms with Gasteiger partial charge in [-0.2, -0.15) is 4.31 Å². The van der Waals surface area contributed by atoms with Gasteiger partial charge in [0.25, 0.3) is 0 Å². The van der Waals surface area contributed by atoms with Crippen LogP contribution >= 0.6 is 0 Å². The van der Waals surface area contributed by atoms with Gasteiger partial charge in [-0.05, 0) is 128 Å². The molecule has 0 radical (unpaired) electrons. The standard InChI is InChI=1S/C30H49NO4S/c1-27(2)25-10-9-21-23-15-24-22(8-7-20(35-24)17-31(36(4,33)34)16-19-5-6-19)28(23,3)13-14-29(21)18-30(25,29)12-11-26(27)32/h19-26,32H,5-18H2,1-4H3/t20?,21?,22?,23?,24?,25?,26-,28+,29-,30?/m0/s1. The molecular formula is C30H49NO4S. The molecule has 0 aromatic carbocycles. The van der Waals surface area contributed by atoms with Crippen molar-refractivity contribution in [1.29, 1.82) is 0 Å². The third kappa shape index (κ3) is 3.32. The molecule has 1 N–H and O–H groups in total. The molecule has 6 saturated carbocycles. The maximum Gasteiger partial charge on any atom is 0.211 e. The van der Waals surface area contributed by atoms with Gasteiger partial charge in [-0.15, -0.1) is 0 Å². The Labute approximate surface area is 219 Å². The lowest BCUT2D eigenvalue weighted by Crippen LogP contribution is -2.54. The van der Waals surface area contributed by atoms with Gasteiger partial charge in [0.05, 0.1) is 24.6 Å². The summed E-state index contributed by atoms with van der Waals surface area (Å²) in [5, 5.41) is 10.9. The predicted molar refractivity (Wildman–Crippen MR) is 141 cm³/mol. The highest BCUT2D eigenvalue weighted by Crippen LogP contribution is 2.87. The summed E-state index contributed by atoms with van der Waals surface area (Å²) in [6.45, 7) is 8.54. The van der Waals surface area contributed by atoms with Crippen molar-refractivity contribution in [3.05, 3.63) is 0 Å². The molecule has 36 heavy (non-hydrogen) atoms. The molecule has 204 valence electrons. The summed E-state index contributed by atoms with van der Waals surface area (Å²) in [6.07, 6.45) is 16.4. The third-order valence-electron chi connectivity index (χ3n) is 13.7. The first-order valence-corrected chi connectivity index (χ1v) is 17.0. The van der Waals surface area contributed by atoms with Crippen LogP contribution in [0.1, 0.15) is 97.8 Å². The van der Waals surface area contributed by atoms with Crippen LogP contribution in [0.2, 0.25) is 0 Å². The van der Waals surface area contributed by atoms with Gasteiger partial charge in [-0.25, -0.2) is 8.42 Å². The number of aliphatic hydroxyl groups is 1. The lowest BCUT2D eigenvalue weighted by molar-refractivity contribution is -0.135. The Morgan fingerprint density at radius 2 is 1.61 bits per heavy atom. The molecule has 6 heteroatoms. The van der Waals surface area contributed by atoms with Crippen LogP contribution in [0, 0.1) is 51.2 Å². The van der Waals surface area contributed by atoms with E-state index in [-0.39, 0.29) is 17.6 Å². The molecule has 10 atom stereocenters. The first-order chi connectivity index (χ1) is 16.9. The number of fused-ring (bicyclic) bond motifs is 4. The van der Waals surface area contributed by atoms with Crippen molar-refractivity contribution in [2.24, 2.45) is 51.2 Å². The van der Waals surface area contributed by atoms with Gasteiger partial charge >= 0.3 is 0 Å². The summed E-state index contributed by atoms with van der Waals surface area (Å²) in [6, 6.07) is 0. The van der Waals surface area contributed by atoms with Gasteiger partial charge in [0.1, 0.15) is 0 Å². The Morgan fingerprint density at radius 1 is 0.861 bits per heavy atom. The second-order valence-electron chi connectivity index (χ2n) is 15.5. The van der Waals surface area contributed by atoms with Crippen LogP contribution in [0.25, 0.3) is 0 Å². The number of sulfonamides is 1. The van der Waals surface area contributed by atoms with Crippen molar-refractivity contribution in [3.63, 3.8) is 0 Å². The van der Waals surface area contributed by atoms with E-state index in [9.17, 15) is 13.5 Å². The van der Waals surface area contributed by atoms with Gasteiger partial charge in [0.2, 0.25) is 10.0 Å². The minimum atomic E-state index is -3.18. The van der Waals surface area contributed by atoms with Crippen LogP contribution in [0.4, 0.5) is 0 Å². The van der Waals surface area contributed by atoms with E-state index in [0.717, 1.165) is 24.7 Å². The highest BCUT2D eigenvalue weighted by Gasteiger charge is 2.80. The Morgan fingerprint density at radius 3 is 2.33 bits per heavy atom. The summed E-state index contributed by atoms with van der Waals surface area (Å²) in [4.78, 5) is 0. The van der Waals surface area contributed by atoms with E-state index < -0.39 is 10.0 Å². The highest BCUT2D eigenvalue weighted by atomic mass is 32.2. The molecule has 7 unspecified atom stereocenters. The monoisotopic (exact) mass is 519 g/mol. The minimum Gasteiger partial charge on any atom is -0.393 e. The van der Waals surface area contributed by atoms with Crippen molar-refractivity contribution < 1.29 is 18.3 Å². The largest absolute Gasteiger partial charge is 0.393 e. The second-order valence-corrected chi connectivity index (χ2v) is 17.4. The number of hydrogen-bond donors (Lipinski definition) is 1. The quantitative estimate of drug-likeness (QED) is 0.540. The maximum absolute atomic E-state index is 12.5. The number of aliphatic hydroxyl groups excluding tert-OH is 1. The molecule has 1 saturated heterocycles. The van der Waals surface area contributed by atoms with E-state index in [1.807, 2.05) is 0 Å². The van der Waals surface area contributed by atoms with E-state index in [1.165, 1.54) is 70.5 Å². The molecule has 7 fully saturated rings. The Kier molecular flexibility index (Phi) is 5.33. The van der Waals surface area contributed by atoms with E-state index in [2.05, 4.69) is 20.8 Å². The summed E-state index contributed by atoms with van der Waals surface area (Å²) in [5.41, 5.74) is 1.47. The van der Waals surface area contributed by atoms with Crippen LogP contribution in [0.5, 0.6) is 0 Å². The zero-order valence-corrected chi connectivity index (χ0v) is 23.9. The number of hydrogen-bond acceptors (Lipinski definition) is 4. The highest BCUT2D eigenvalue weighted by molar-refractivity contribution is 7.88. The maximum atomic E-state index is 12.5. The predicted octanol–water partition coefficient (Wildman–Crippen LogP) is 5.23. The fourth-order valence-corrected chi connectivity index (χ4v) is 12.5. The average molecular weight is 520 g/mol. The van der Waals surface area contributed by atoms with Crippen molar-refractivity contribution in [3.8, 4) is 0 Å². The summed E-state index contributed by atoms with van der Waals surface area (Å²) in [7, 11) is -3.18. The van der Waals surface area contributed by atoms with Crippen molar-refractivity contribution in [2.75, 3.05) is 19.3 Å². The molecule has 0 aromatic rings. The molecule has 1 aliphatic heterocycles. The van der Waals surface area contributed by atoms with E-state index >= 15 is 0 Å². The average Bonchev–Trinajstić information content (AvgIpc) is 3.71. The van der Waals surface area contributed by atoms with Crippen LogP contribution < -0.4 is 0 Å². The Bertz CT molecular complexity index is 1020. The first-order valence-electron chi connectivity index (χ1n) is 15.2. The zero-order chi connectivity index (χ0) is 25.3. The Hall–Kier alpha value is -0.170. The number of rotatable bonds is 5. The van der Waals surface area contributed by atoms with Gasteiger partial charge in [-0.1, -0.05) is 20.8 Å². The third-order valence-corrected chi connectivity index (χ3v) is 14.9. The van der Waals surface area contributed by atoms with Crippen molar-refractivity contribution >= 4 is 10.0 Å². The minimum absolute atomic E-state index is 0.0550. The van der Waals surface area contributed by atoms with Crippen molar-refractivity contribution in [1.82, 2.24) is 4.31 Å². The van der Waals surface area contributed by atoms with Gasteiger partial charge in [0, 0.05) is 13.1 Å². The molecule has 5 nitrogen and oxygen atoms in total. The fraction of sp³-hybridized carbons (Fsp3) is 1.00. The molecule has 6 aliphatic carbocycles. The fourth-order valence-electron chi connectivity index (χ4n) is 11.6. The number of ether oxygens (including phenoxy) is 1. The van der Waals surface area contributed by atoms with Crippen LogP contribution in [-0.2, 0) is 14.8 Å². The number of nitrogens with zero attached hydrogens (tertiary/aromatic N) is 1. The van der Waals surface area contributed by atoms with E-state index in [0.29, 0.717) is 53.2 Å². The summed E-state index contributed by atoms with van der Waals surface area (Å²) < 4.78 is 33.5. The molecule has 7 aliphatic rings. The smallest absolute Gasteiger partial charge is 0.211 e. The SMILES string of the molecule is CC1(C)C2CCC3C4CC5OC(CN(CC6CC6)S(C)(=O)=O)CCC5[C@@]4(C)CC[C@]34CC24CC[C@@H]1O. The second kappa shape index (κ2) is 7.73. The van der Waals surface area contributed by atoms with E-state index in [4.69, 9.17) is 4.74 Å². The molecule has 0 bridgehead atoms. The summed E-state index contributed by atoms with van der Waals surface area (Å²) in [5.74, 6) is 3.48. The van der Waals surface area contributed by atoms with E-state index in [1.54, 1.807) is 4.31 Å². The lowest BCUT2D eigenvalue weighted by Gasteiger charge is -2.59. The lowest BCUT2D eigenvalue weighted by atomic mass is 9.46. The molecule has 2 spiro atoms. The topological polar surface area (TPSA) is 66.8 Å². The Balaban J connectivity index is 1.09. The van der Waals surface area contributed by atoms with Crippen molar-refractivity contribution in [2.45, 2.75) is 116 Å². The normalized spacial score (nSPS) is 53.1. The van der Waals surface area contributed by atoms with Crippen LogP contribution in [0.3, 0.4) is 0 Å².